The Kier molecular flexibility index (Phi) is 5.26. The molecule has 0 heterocycles. The smallest absolute Gasteiger partial charge is 0.0586 e. The van der Waals surface area contributed by atoms with Crippen LogP contribution in [-0.4, -0.2) is 25.8 Å². The third-order valence-corrected chi connectivity index (χ3v) is 3.57. The molecule has 16 heavy (non-hydrogen) atoms. The molecular formula is C14H29NO. The third-order valence-electron chi connectivity index (χ3n) is 3.57. The van der Waals surface area contributed by atoms with Crippen LogP contribution in [0.4, 0.5) is 0 Å². The van der Waals surface area contributed by atoms with Gasteiger partial charge in [0.1, 0.15) is 0 Å². The zero-order valence-electron chi connectivity index (χ0n) is 11.7. The first-order chi connectivity index (χ1) is 7.43. The minimum atomic E-state index is 0.388. The average Bonchev–Trinajstić information content (AvgIpc) is 2.11. The van der Waals surface area contributed by atoms with Gasteiger partial charge in [-0.05, 0) is 57.5 Å². The molecule has 2 nitrogen and oxygen atoms in total. The van der Waals surface area contributed by atoms with Crippen molar-refractivity contribution in [3.05, 3.63) is 0 Å². The van der Waals surface area contributed by atoms with Crippen LogP contribution in [0, 0.1) is 11.3 Å². The van der Waals surface area contributed by atoms with Crippen molar-refractivity contribution in [2.24, 2.45) is 11.3 Å². The van der Waals surface area contributed by atoms with E-state index in [-0.39, 0.29) is 0 Å². The summed E-state index contributed by atoms with van der Waals surface area (Å²) >= 11 is 0. The minimum Gasteiger partial charge on any atom is -0.375 e. The molecule has 0 aliphatic heterocycles. The first kappa shape index (κ1) is 14.0. The maximum Gasteiger partial charge on any atom is 0.0586 e. The van der Waals surface area contributed by atoms with Crippen LogP contribution >= 0.6 is 0 Å². The largest absolute Gasteiger partial charge is 0.375 e. The SMILES string of the molecule is CNCCC(C)OC1CC(C)CC(C)(C)C1. The van der Waals surface area contributed by atoms with Gasteiger partial charge >= 0.3 is 0 Å². The van der Waals surface area contributed by atoms with Crippen molar-refractivity contribution in [3.63, 3.8) is 0 Å². The quantitative estimate of drug-likeness (QED) is 0.778. The van der Waals surface area contributed by atoms with Crippen molar-refractivity contribution in [3.8, 4) is 0 Å². The second-order valence-corrected chi connectivity index (χ2v) is 6.37. The Hall–Kier alpha value is -0.0800. The summed E-state index contributed by atoms with van der Waals surface area (Å²) in [5.74, 6) is 0.810. The molecule has 0 aromatic carbocycles. The normalized spacial score (nSPS) is 31.3. The van der Waals surface area contributed by atoms with Gasteiger partial charge in [0.15, 0.2) is 0 Å². The second-order valence-electron chi connectivity index (χ2n) is 6.37. The first-order valence-electron chi connectivity index (χ1n) is 6.73. The van der Waals surface area contributed by atoms with Crippen LogP contribution in [0.1, 0.15) is 53.4 Å². The summed E-state index contributed by atoms with van der Waals surface area (Å²) in [5, 5.41) is 3.18. The molecule has 0 aromatic heterocycles. The molecule has 1 aliphatic carbocycles. The average molecular weight is 227 g/mol. The Morgan fingerprint density at radius 2 is 2.06 bits per heavy atom. The van der Waals surface area contributed by atoms with Gasteiger partial charge in [0.25, 0.3) is 0 Å². The van der Waals surface area contributed by atoms with Crippen LogP contribution in [0.15, 0.2) is 0 Å². The Morgan fingerprint density at radius 3 is 2.62 bits per heavy atom. The molecule has 0 bridgehead atoms. The summed E-state index contributed by atoms with van der Waals surface area (Å²) in [4.78, 5) is 0. The fraction of sp³-hybridized carbons (Fsp3) is 1.00. The monoisotopic (exact) mass is 227 g/mol. The number of ether oxygens (including phenoxy) is 1. The van der Waals surface area contributed by atoms with Gasteiger partial charge in [0.05, 0.1) is 12.2 Å². The summed E-state index contributed by atoms with van der Waals surface area (Å²) in [6, 6.07) is 0. The topological polar surface area (TPSA) is 21.3 Å². The van der Waals surface area contributed by atoms with Crippen molar-refractivity contribution in [1.29, 1.82) is 0 Å². The molecule has 1 fully saturated rings. The van der Waals surface area contributed by atoms with Crippen LogP contribution in [0.3, 0.4) is 0 Å². The third kappa shape index (κ3) is 4.84. The molecule has 0 aromatic rings. The molecule has 0 spiro atoms. The van der Waals surface area contributed by atoms with E-state index in [9.17, 15) is 0 Å². The van der Waals surface area contributed by atoms with Crippen LogP contribution in [0.5, 0.6) is 0 Å². The van der Waals surface area contributed by atoms with E-state index in [1.807, 2.05) is 7.05 Å². The van der Waals surface area contributed by atoms with Crippen LogP contribution in [-0.2, 0) is 4.74 Å². The molecule has 1 N–H and O–H groups in total. The Labute approximate surface area is 101 Å². The zero-order chi connectivity index (χ0) is 12.2. The Morgan fingerprint density at radius 1 is 1.38 bits per heavy atom. The van der Waals surface area contributed by atoms with Crippen molar-refractivity contribution < 1.29 is 4.74 Å². The Bertz CT molecular complexity index is 203. The molecular weight excluding hydrogens is 198 g/mol. The van der Waals surface area contributed by atoms with Crippen LogP contribution < -0.4 is 5.32 Å². The zero-order valence-corrected chi connectivity index (χ0v) is 11.7. The second kappa shape index (κ2) is 6.02. The summed E-state index contributed by atoms with van der Waals surface area (Å²) in [6.45, 7) is 10.3. The number of hydrogen-bond acceptors (Lipinski definition) is 2. The van der Waals surface area contributed by atoms with E-state index < -0.39 is 0 Å². The first-order valence-corrected chi connectivity index (χ1v) is 6.73. The highest BCUT2D eigenvalue weighted by molar-refractivity contribution is 4.83. The van der Waals surface area contributed by atoms with Gasteiger partial charge in [-0.25, -0.2) is 0 Å². The van der Waals surface area contributed by atoms with Gasteiger partial charge in [0.2, 0.25) is 0 Å². The van der Waals surface area contributed by atoms with Crippen molar-refractivity contribution in [2.75, 3.05) is 13.6 Å². The predicted molar refractivity (Wildman–Crippen MR) is 69.7 cm³/mol. The van der Waals surface area contributed by atoms with Crippen molar-refractivity contribution >= 4 is 0 Å². The molecule has 0 amide bonds. The molecule has 3 unspecified atom stereocenters. The lowest BCUT2D eigenvalue weighted by molar-refractivity contribution is -0.0605. The lowest BCUT2D eigenvalue weighted by Crippen LogP contribution is -2.35. The van der Waals surface area contributed by atoms with Gasteiger partial charge < -0.3 is 10.1 Å². The van der Waals surface area contributed by atoms with E-state index in [0.717, 1.165) is 18.9 Å². The van der Waals surface area contributed by atoms with Crippen molar-refractivity contribution in [1.82, 2.24) is 5.32 Å². The predicted octanol–water partition coefficient (Wildman–Crippen LogP) is 3.22. The van der Waals surface area contributed by atoms with E-state index in [1.54, 1.807) is 0 Å². The lowest BCUT2D eigenvalue weighted by Gasteiger charge is -2.39. The minimum absolute atomic E-state index is 0.388. The fourth-order valence-corrected chi connectivity index (χ4v) is 3.11. The maximum atomic E-state index is 6.16. The summed E-state index contributed by atoms with van der Waals surface area (Å²) in [6.07, 6.45) is 5.79. The van der Waals surface area contributed by atoms with Gasteiger partial charge in [0, 0.05) is 0 Å². The summed E-state index contributed by atoms with van der Waals surface area (Å²) < 4.78 is 6.16. The van der Waals surface area contributed by atoms with Gasteiger partial charge in [-0.15, -0.1) is 0 Å². The highest BCUT2D eigenvalue weighted by Crippen LogP contribution is 2.40. The molecule has 96 valence electrons. The Balaban J connectivity index is 2.35. The molecule has 1 aliphatic rings. The van der Waals surface area contributed by atoms with Gasteiger partial charge in [-0.1, -0.05) is 20.8 Å². The van der Waals surface area contributed by atoms with E-state index >= 15 is 0 Å². The van der Waals surface area contributed by atoms with E-state index in [1.165, 1.54) is 19.3 Å². The molecule has 0 saturated heterocycles. The highest BCUT2D eigenvalue weighted by Gasteiger charge is 2.33. The standard InChI is InChI=1S/C14H29NO/c1-11-8-13(10-14(3,4)9-11)16-12(2)6-7-15-5/h11-13,15H,6-10H2,1-5H3. The molecule has 3 atom stereocenters. The maximum absolute atomic E-state index is 6.16. The number of hydrogen-bond donors (Lipinski definition) is 1. The van der Waals surface area contributed by atoms with Crippen molar-refractivity contribution in [2.45, 2.75) is 65.6 Å². The molecule has 1 rings (SSSR count). The highest BCUT2D eigenvalue weighted by atomic mass is 16.5. The number of nitrogens with one attached hydrogen (secondary N) is 1. The fourth-order valence-electron chi connectivity index (χ4n) is 3.11. The van der Waals surface area contributed by atoms with E-state index in [4.69, 9.17) is 4.74 Å². The van der Waals surface area contributed by atoms with E-state index in [2.05, 4.69) is 33.0 Å². The summed E-state index contributed by atoms with van der Waals surface area (Å²) in [5.41, 5.74) is 0.463. The van der Waals surface area contributed by atoms with Crippen LogP contribution in [0.25, 0.3) is 0 Å². The lowest BCUT2D eigenvalue weighted by atomic mass is 9.71. The van der Waals surface area contributed by atoms with Gasteiger partial charge in [-0.2, -0.15) is 0 Å². The molecule has 0 radical (unpaired) electrons. The van der Waals surface area contributed by atoms with Gasteiger partial charge in [-0.3, -0.25) is 0 Å². The summed E-state index contributed by atoms with van der Waals surface area (Å²) in [7, 11) is 2.00. The van der Waals surface area contributed by atoms with Crippen LogP contribution in [0.2, 0.25) is 0 Å². The number of rotatable bonds is 5. The molecule has 2 heteroatoms. The van der Waals surface area contributed by atoms with E-state index in [0.29, 0.717) is 17.6 Å². The molecule has 1 saturated carbocycles.